The Morgan fingerprint density at radius 1 is 1.13 bits per heavy atom. The maximum absolute atomic E-state index is 5.42. The summed E-state index contributed by atoms with van der Waals surface area (Å²) in [5.41, 5.74) is 6.72. The highest BCUT2D eigenvalue weighted by Crippen LogP contribution is 2.08. The van der Waals surface area contributed by atoms with E-state index in [2.05, 4.69) is 17.1 Å². The van der Waals surface area contributed by atoms with Crippen LogP contribution in [-0.4, -0.2) is 4.98 Å². The van der Waals surface area contributed by atoms with Crippen LogP contribution in [0, 0.1) is 0 Å². The zero-order valence-corrected chi connectivity index (χ0v) is 8.52. The monoisotopic (exact) mass is 202 g/mol. The van der Waals surface area contributed by atoms with E-state index in [0.29, 0.717) is 12.4 Å². The fourth-order valence-electron chi connectivity index (χ4n) is 1.47. The number of oxazole rings is 1. The average Bonchev–Trinajstić information content (AvgIpc) is 2.76. The highest BCUT2D eigenvalue weighted by molar-refractivity contribution is 5.15. The van der Waals surface area contributed by atoms with Gasteiger partial charge in [-0.15, -0.1) is 0 Å². The van der Waals surface area contributed by atoms with Crippen LogP contribution in [0.1, 0.15) is 17.2 Å². The molecule has 0 fully saturated rings. The number of hydrogen-bond acceptors (Lipinski definition) is 3. The zero-order chi connectivity index (χ0) is 10.5. The van der Waals surface area contributed by atoms with Crippen molar-refractivity contribution in [3.63, 3.8) is 0 Å². The summed E-state index contributed by atoms with van der Waals surface area (Å²) in [6.45, 7) is 0.366. The van der Waals surface area contributed by atoms with Crippen molar-refractivity contribution in [3.8, 4) is 0 Å². The maximum atomic E-state index is 5.42. The van der Waals surface area contributed by atoms with E-state index in [4.69, 9.17) is 10.2 Å². The van der Waals surface area contributed by atoms with Crippen molar-refractivity contribution >= 4 is 0 Å². The number of nitrogens with zero attached hydrogens (tertiary/aromatic N) is 1. The molecule has 3 nitrogen and oxygen atoms in total. The molecule has 78 valence electrons. The Morgan fingerprint density at radius 2 is 1.93 bits per heavy atom. The lowest BCUT2D eigenvalue weighted by atomic mass is 10.1. The van der Waals surface area contributed by atoms with Gasteiger partial charge >= 0.3 is 0 Å². The van der Waals surface area contributed by atoms with Crippen molar-refractivity contribution in [2.24, 2.45) is 5.73 Å². The smallest absolute Gasteiger partial charge is 0.208 e. The SMILES string of the molecule is NCc1ncc(CCc2ccccc2)o1. The fourth-order valence-corrected chi connectivity index (χ4v) is 1.47. The van der Waals surface area contributed by atoms with E-state index in [-0.39, 0.29) is 0 Å². The first-order valence-corrected chi connectivity index (χ1v) is 5.06. The molecule has 1 heterocycles. The molecule has 0 spiro atoms. The summed E-state index contributed by atoms with van der Waals surface area (Å²) < 4.78 is 5.42. The van der Waals surface area contributed by atoms with Crippen LogP contribution in [0.4, 0.5) is 0 Å². The first-order chi connectivity index (χ1) is 7.38. The highest BCUT2D eigenvalue weighted by atomic mass is 16.4. The molecule has 0 unspecified atom stereocenters. The summed E-state index contributed by atoms with van der Waals surface area (Å²) in [6, 6.07) is 10.3. The number of hydrogen-bond donors (Lipinski definition) is 1. The van der Waals surface area contributed by atoms with Crippen molar-refractivity contribution in [3.05, 3.63) is 53.7 Å². The van der Waals surface area contributed by atoms with Gasteiger partial charge in [0, 0.05) is 6.42 Å². The van der Waals surface area contributed by atoms with Crippen LogP contribution in [0.2, 0.25) is 0 Å². The van der Waals surface area contributed by atoms with Crippen LogP contribution in [0.25, 0.3) is 0 Å². The molecule has 3 heteroatoms. The van der Waals surface area contributed by atoms with Crippen LogP contribution in [0.15, 0.2) is 40.9 Å². The molecule has 0 amide bonds. The van der Waals surface area contributed by atoms with Crippen molar-refractivity contribution < 1.29 is 4.42 Å². The van der Waals surface area contributed by atoms with Crippen LogP contribution in [0.3, 0.4) is 0 Å². The Balaban J connectivity index is 1.93. The molecule has 0 atom stereocenters. The Labute approximate surface area is 88.9 Å². The number of nitrogens with two attached hydrogens (primary N) is 1. The Bertz CT molecular complexity index is 409. The lowest BCUT2D eigenvalue weighted by Crippen LogP contribution is -1.95. The van der Waals surface area contributed by atoms with Gasteiger partial charge in [0.05, 0.1) is 12.7 Å². The van der Waals surface area contributed by atoms with E-state index in [1.54, 1.807) is 6.20 Å². The molecule has 0 saturated heterocycles. The molecule has 2 aromatic rings. The molecule has 15 heavy (non-hydrogen) atoms. The van der Waals surface area contributed by atoms with E-state index in [1.165, 1.54) is 5.56 Å². The standard InChI is InChI=1S/C12H14N2O/c13-8-12-14-9-11(15-12)7-6-10-4-2-1-3-5-10/h1-5,9H,6-8,13H2. The summed E-state index contributed by atoms with van der Waals surface area (Å²) in [4.78, 5) is 4.06. The molecule has 0 aliphatic heterocycles. The second-order valence-corrected chi connectivity index (χ2v) is 3.41. The van der Waals surface area contributed by atoms with Crippen molar-refractivity contribution in [1.82, 2.24) is 4.98 Å². The largest absolute Gasteiger partial charge is 0.444 e. The topological polar surface area (TPSA) is 52.0 Å². The summed E-state index contributed by atoms with van der Waals surface area (Å²) >= 11 is 0. The molecule has 2 N–H and O–H groups in total. The molecule has 1 aromatic heterocycles. The van der Waals surface area contributed by atoms with Crippen LogP contribution >= 0.6 is 0 Å². The number of benzene rings is 1. The number of aryl methyl sites for hydroxylation is 2. The first-order valence-electron chi connectivity index (χ1n) is 5.06. The molecule has 1 aromatic carbocycles. The maximum Gasteiger partial charge on any atom is 0.208 e. The van der Waals surface area contributed by atoms with Gasteiger partial charge in [0.2, 0.25) is 5.89 Å². The third kappa shape index (κ3) is 2.67. The van der Waals surface area contributed by atoms with E-state index in [9.17, 15) is 0 Å². The third-order valence-corrected chi connectivity index (χ3v) is 2.28. The van der Waals surface area contributed by atoms with Gasteiger partial charge in [0.25, 0.3) is 0 Å². The molecule has 2 rings (SSSR count). The first kappa shape index (κ1) is 9.93. The Kier molecular flexibility index (Phi) is 3.15. The number of rotatable bonds is 4. The summed E-state index contributed by atoms with van der Waals surface area (Å²) in [7, 11) is 0. The third-order valence-electron chi connectivity index (χ3n) is 2.28. The minimum Gasteiger partial charge on any atom is -0.444 e. The van der Waals surface area contributed by atoms with E-state index < -0.39 is 0 Å². The highest BCUT2D eigenvalue weighted by Gasteiger charge is 2.02. The average molecular weight is 202 g/mol. The zero-order valence-electron chi connectivity index (χ0n) is 8.52. The van der Waals surface area contributed by atoms with Crippen molar-refractivity contribution in [1.29, 1.82) is 0 Å². The van der Waals surface area contributed by atoms with Crippen LogP contribution in [-0.2, 0) is 19.4 Å². The fraction of sp³-hybridized carbons (Fsp3) is 0.250. The Morgan fingerprint density at radius 3 is 2.60 bits per heavy atom. The van der Waals surface area contributed by atoms with Gasteiger partial charge in [-0.05, 0) is 12.0 Å². The number of aromatic nitrogens is 1. The molecule has 0 bridgehead atoms. The Hall–Kier alpha value is -1.61. The van der Waals surface area contributed by atoms with Gasteiger partial charge < -0.3 is 10.2 Å². The van der Waals surface area contributed by atoms with Gasteiger partial charge in [-0.3, -0.25) is 0 Å². The summed E-state index contributed by atoms with van der Waals surface area (Å²) in [6.07, 6.45) is 3.60. The normalized spacial score (nSPS) is 10.5. The predicted molar refractivity (Wildman–Crippen MR) is 58.2 cm³/mol. The molecule has 0 aliphatic rings. The van der Waals surface area contributed by atoms with Gasteiger partial charge in [0.15, 0.2) is 0 Å². The molecular weight excluding hydrogens is 188 g/mol. The molecule has 0 aliphatic carbocycles. The van der Waals surface area contributed by atoms with Gasteiger partial charge in [-0.2, -0.15) is 0 Å². The van der Waals surface area contributed by atoms with Crippen molar-refractivity contribution in [2.75, 3.05) is 0 Å². The minimum atomic E-state index is 0.366. The molecule has 0 radical (unpaired) electrons. The van der Waals surface area contributed by atoms with Gasteiger partial charge in [-0.25, -0.2) is 4.98 Å². The van der Waals surface area contributed by atoms with Gasteiger partial charge in [-0.1, -0.05) is 30.3 Å². The lowest BCUT2D eigenvalue weighted by Gasteiger charge is -1.97. The summed E-state index contributed by atoms with van der Waals surface area (Å²) in [5, 5.41) is 0. The van der Waals surface area contributed by atoms with Crippen LogP contribution in [0.5, 0.6) is 0 Å². The summed E-state index contributed by atoms with van der Waals surface area (Å²) in [5.74, 6) is 1.51. The van der Waals surface area contributed by atoms with Crippen LogP contribution < -0.4 is 5.73 Å². The van der Waals surface area contributed by atoms with Crippen molar-refractivity contribution in [2.45, 2.75) is 19.4 Å². The second-order valence-electron chi connectivity index (χ2n) is 3.41. The lowest BCUT2D eigenvalue weighted by molar-refractivity contribution is 0.456. The predicted octanol–water partition coefficient (Wildman–Crippen LogP) is 1.92. The second kappa shape index (κ2) is 4.75. The van der Waals surface area contributed by atoms with Gasteiger partial charge in [0.1, 0.15) is 5.76 Å². The van der Waals surface area contributed by atoms with E-state index in [1.807, 2.05) is 18.2 Å². The van der Waals surface area contributed by atoms with E-state index in [0.717, 1.165) is 18.6 Å². The minimum absolute atomic E-state index is 0.366. The molecule has 0 saturated carbocycles. The quantitative estimate of drug-likeness (QED) is 0.824. The van der Waals surface area contributed by atoms with E-state index >= 15 is 0 Å². The molecular formula is C12H14N2O.